The highest BCUT2D eigenvalue weighted by atomic mass is 19.1. The van der Waals surface area contributed by atoms with Gasteiger partial charge in [0.2, 0.25) is 0 Å². The number of hydrogen-bond donors (Lipinski definition) is 2. The summed E-state index contributed by atoms with van der Waals surface area (Å²) in [6.45, 7) is 6.39. The Morgan fingerprint density at radius 3 is 2.79 bits per heavy atom. The maximum Gasteiger partial charge on any atom is 0.320 e. The van der Waals surface area contributed by atoms with E-state index < -0.39 is 0 Å². The monoisotopic (exact) mass is 448 g/mol. The molecule has 33 heavy (non-hydrogen) atoms. The number of nitrogens with zero attached hydrogens (tertiary/aromatic N) is 4. The topological polar surface area (TPSA) is 93.4 Å². The van der Waals surface area contributed by atoms with Crippen LogP contribution in [-0.2, 0) is 4.74 Å². The average molecular weight is 449 g/mol. The fraction of sp³-hybridized carbons (Fsp3) is 0.250. The second-order valence-corrected chi connectivity index (χ2v) is 7.80. The number of carbonyl (C=O) groups is 1. The van der Waals surface area contributed by atoms with Gasteiger partial charge in [0.25, 0.3) is 0 Å². The first kappa shape index (κ1) is 22.3. The van der Waals surface area contributed by atoms with Gasteiger partial charge in [0.05, 0.1) is 18.4 Å². The van der Waals surface area contributed by atoms with Crippen molar-refractivity contribution in [1.29, 1.82) is 0 Å². The van der Waals surface area contributed by atoms with E-state index in [2.05, 4.69) is 20.7 Å². The first-order valence-electron chi connectivity index (χ1n) is 10.7. The molecule has 0 saturated carbocycles. The van der Waals surface area contributed by atoms with Crippen LogP contribution in [0, 0.1) is 12.7 Å². The molecule has 0 fully saturated rings. The highest BCUT2D eigenvalue weighted by molar-refractivity contribution is 5.89. The van der Waals surface area contributed by atoms with Gasteiger partial charge in [0.1, 0.15) is 17.3 Å². The summed E-state index contributed by atoms with van der Waals surface area (Å²) in [7, 11) is 0. The Kier molecular flexibility index (Phi) is 6.60. The lowest BCUT2D eigenvalue weighted by molar-refractivity contribution is 0.0820. The minimum Gasteiger partial charge on any atom is -0.377 e. The molecule has 8 nitrogen and oxygen atoms in total. The smallest absolute Gasteiger partial charge is 0.320 e. The number of amides is 2. The molecule has 0 spiro atoms. The Hall–Kier alpha value is -3.85. The van der Waals surface area contributed by atoms with Crippen molar-refractivity contribution >= 4 is 17.5 Å². The predicted octanol–water partition coefficient (Wildman–Crippen LogP) is 4.45. The van der Waals surface area contributed by atoms with Crippen LogP contribution in [0.25, 0.3) is 28.2 Å². The van der Waals surface area contributed by atoms with Crippen molar-refractivity contribution in [1.82, 2.24) is 24.9 Å². The summed E-state index contributed by atoms with van der Waals surface area (Å²) in [6.07, 6.45) is 3.38. The van der Waals surface area contributed by atoms with Crippen molar-refractivity contribution < 1.29 is 13.9 Å². The summed E-state index contributed by atoms with van der Waals surface area (Å²) in [5.74, 6) is 0.101. The summed E-state index contributed by atoms with van der Waals surface area (Å²) >= 11 is 0. The van der Waals surface area contributed by atoms with Gasteiger partial charge in [-0.3, -0.25) is 5.32 Å². The van der Waals surface area contributed by atoms with E-state index >= 15 is 0 Å². The number of anilines is 1. The van der Waals surface area contributed by atoms with E-state index in [9.17, 15) is 9.18 Å². The van der Waals surface area contributed by atoms with Crippen LogP contribution >= 0.6 is 0 Å². The van der Waals surface area contributed by atoms with Crippen LogP contribution in [-0.4, -0.2) is 44.9 Å². The Morgan fingerprint density at radius 2 is 2.00 bits per heavy atom. The minimum atomic E-state index is -0.377. The molecule has 9 heteroatoms. The molecule has 0 aliphatic carbocycles. The van der Waals surface area contributed by atoms with Crippen molar-refractivity contribution in [2.75, 3.05) is 18.5 Å². The number of rotatable bonds is 7. The number of pyridine rings is 1. The van der Waals surface area contributed by atoms with Crippen molar-refractivity contribution in [3.05, 3.63) is 66.2 Å². The van der Waals surface area contributed by atoms with Gasteiger partial charge < -0.3 is 10.1 Å². The zero-order valence-electron chi connectivity index (χ0n) is 18.7. The molecule has 0 saturated heterocycles. The third-order valence-corrected chi connectivity index (χ3v) is 4.94. The highest BCUT2D eigenvalue weighted by Crippen LogP contribution is 2.33. The molecule has 1 aromatic carbocycles. The van der Waals surface area contributed by atoms with Gasteiger partial charge in [0, 0.05) is 30.1 Å². The van der Waals surface area contributed by atoms with Crippen LogP contribution < -0.4 is 10.6 Å². The van der Waals surface area contributed by atoms with Crippen LogP contribution in [0.15, 0.2) is 54.9 Å². The van der Waals surface area contributed by atoms with Crippen molar-refractivity contribution in [2.24, 2.45) is 0 Å². The standard InChI is InChI=1S/C24H25FN6O2/c1-15(2)33-12-11-27-24(32)29-20-14-18(8-10-26-20)23-22(17-6-7-19(25)16(3)13-17)30-21-5-4-9-28-31(21)23/h4-10,13-15H,11-12H2,1-3H3,(H2,26,27,29,32). The maximum atomic E-state index is 13.9. The number of carbonyl (C=O) groups excluding carboxylic acids is 1. The van der Waals surface area contributed by atoms with Gasteiger partial charge in [-0.2, -0.15) is 5.10 Å². The fourth-order valence-corrected chi connectivity index (χ4v) is 3.41. The molecule has 2 amide bonds. The lowest BCUT2D eigenvalue weighted by Gasteiger charge is -2.10. The number of aryl methyl sites for hydroxylation is 1. The van der Waals surface area contributed by atoms with Gasteiger partial charge in [0.15, 0.2) is 5.65 Å². The molecule has 4 aromatic rings. The summed E-state index contributed by atoms with van der Waals surface area (Å²) in [5.41, 5.74) is 4.07. The Balaban J connectivity index is 1.65. The summed E-state index contributed by atoms with van der Waals surface area (Å²) in [4.78, 5) is 21.2. The fourth-order valence-electron chi connectivity index (χ4n) is 3.41. The second-order valence-electron chi connectivity index (χ2n) is 7.80. The van der Waals surface area contributed by atoms with E-state index in [1.807, 2.05) is 26.0 Å². The first-order chi connectivity index (χ1) is 15.9. The number of nitrogens with one attached hydrogen (secondary N) is 2. The molecule has 3 aromatic heterocycles. The number of urea groups is 1. The second kappa shape index (κ2) is 9.74. The van der Waals surface area contributed by atoms with Crippen molar-refractivity contribution in [3.8, 4) is 22.5 Å². The molecule has 170 valence electrons. The molecule has 0 radical (unpaired) electrons. The van der Waals surface area contributed by atoms with Crippen LogP contribution in [0.5, 0.6) is 0 Å². The minimum absolute atomic E-state index is 0.103. The summed E-state index contributed by atoms with van der Waals surface area (Å²) < 4.78 is 21.0. The predicted molar refractivity (Wildman–Crippen MR) is 124 cm³/mol. The number of imidazole rings is 1. The number of aromatic nitrogens is 4. The number of fused-ring (bicyclic) bond motifs is 1. The van der Waals surface area contributed by atoms with E-state index in [-0.39, 0.29) is 18.0 Å². The zero-order chi connectivity index (χ0) is 23.4. The van der Waals surface area contributed by atoms with Gasteiger partial charge in [-0.25, -0.2) is 23.7 Å². The summed E-state index contributed by atoms with van der Waals surface area (Å²) in [6, 6.07) is 11.7. The van der Waals surface area contributed by atoms with Crippen LogP contribution in [0.4, 0.5) is 15.0 Å². The highest BCUT2D eigenvalue weighted by Gasteiger charge is 2.18. The Labute approximate surface area is 190 Å². The average Bonchev–Trinajstić information content (AvgIpc) is 3.18. The molecule has 0 unspecified atom stereocenters. The molecule has 2 N–H and O–H groups in total. The molecule has 4 rings (SSSR count). The van der Waals surface area contributed by atoms with Gasteiger partial charge in [-0.15, -0.1) is 0 Å². The van der Waals surface area contributed by atoms with Crippen molar-refractivity contribution in [3.63, 3.8) is 0 Å². The number of halogens is 1. The third-order valence-electron chi connectivity index (χ3n) is 4.94. The van der Waals surface area contributed by atoms with E-state index in [1.54, 1.807) is 48.1 Å². The maximum absolute atomic E-state index is 13.9. The normalized spacial score (nSPS) is 11.2. The summed E-state index contributed by atoms with van der Waals surface area (Å²) in [5, 5.41) is 9.92. The number of hydrogen-bond acceptors (Lipinski definition) is 5. The lowest BCUT2D eigenvalue weighted by atomic mass is 10.0. The van der Waals surface area contributed by atoms with Crippen LogP contribution in [0.3, 0.4) is 0 Å². The van der Waals surface area contributed by atoms with Crippen LogP contribution in [0.2, 0.25) is 0 Å². The van der Waals surface area contributed by atoms with E-state index in [1.165, 1.54) is 6.07 Å². The van der Waals surface area contributed by atoms with Crippen molar-refractivity contribution in [2.45, 2.75) is 26.9 Å². The molecular formula is C24H25FN6O2. The van der Waals surface area contributed by atoms with E-state index in [0.717, 1.165) is 11.1 Å². The molecular weight excluding hydrogens is 423 g/mol. The number of benzene rings is 1. The molecule has 0 bridgehead atoms. The molecule has 0 atom stereocenters. The Bertz CT molecular complexity index is 1290. The third kappa shape index (κ3) is 5.15. The first-order valence-corrected chi connectivity index (χ1v) is 10.7. The number of ether oxygens (including phenoxy) is 1. The SMILES string of the molecule is Cc1cc(-c2nc3cccnn3c2-c2ccnc(NC(=O)NCCOC(C)C)c2)ccc1F. The van der Waals surface area contributed by atoms with E-state index in [4.69, 9.17) is 9.72 Å². The molecule has 0 aliphatic heterocycles. The van der Waals surface area contributed by atoms with E-state index in [0.29, 0.717) is 41.6 Å². The lowest BCUT2D eigenvalue weighted by Crippen LogP contribution is -2.32. The largest absolute Gasteiger partial charge is 0.377 e. The van der Waals surface area contributed by atoms with Gasteiger partial charge in [-0.1, -0.05) is 0 Å². The van der Waals surface area contributed by atoms with Crippen LogP contribution in [0.1, 0.15) is 19.4 Å². The zero-order valence-corrected chi connectivity index (χ0v) is 18.7. The van der Waals surface area contributed by atoms with Gasteiger partial charge >= 0.3 is 6.03 Å². The molecule has 3 heterocycles. The quantitative estimate of drug-likeness (QED) is 0.408. The molecule has 0 aliphatic rings. The van der Waals surface area contributed by atoms with Gasteiger partial charge in [-0.05, 0) is 68.8 Å². The Morgan fingerprint density at radius 1 is 1.15 bits per heavy atom.